The smallest absolute Gasteiger partial charge is 0.287 e. The Bertz CT molecular complexity index is 1000. The van der Waals surface area contributed by atoms with Crippen LogP contribution >= 0.6 is 0 Å². The van der Waals surface area contributed by atoms with Crippen LogP contribution < -0.4 is 5.32 Å². The molecule has 1 aromatic carbocycles. The lowest BCUT2D eigenvalue weighted by Gasteiger charge is -2.19. The molecule has 1 fully saturated rings. The van der Waals surface area contributed by atoms with Crippen LogP contribution in [0.5, 0.6) is 0 Å². The Kier molecular flexibility index (Phi) is 6.13. The number of imidazole rings is 1. The zero-order valence-electron chi connectivity index (χ0n) is 16.2. The summed E-state index contributed by atoms with van der Waals surface area (Å²) in [6, 6.07) is 5.07. The standard InChI is InChI=1S/C19H23FN4O4S/c1-3-4-17(25)19(26)22-16-10-24(29(27,28)18-11-23(2)12-21-18)9-15(16)13-5-7-14(20)8-6-13/h5-8,11-12,15-16H,3-4,9-10H2,1-2H3,(H,22,26)/t15-,16+/m1/s1. The second kappa shape index (κ2) is 8.42. The number of benzene rings is 1. The van der Waals surface area contributed by atoms with Crippen LogP contribution in [0.4, 0.5) is 4.39 Å². The number of hydrogen-bond acceptors (Lipinski definition) is 5. The lowest BCUT2D eigenvalue weighted by Crippen LogP contribution is -2.43. The third-order valence-electron chi connectivity index (χ3n) is 4.92. The highest BCUT2D eigenvalue weighted by Crippen LogP contribution is 2.31. The van der Waals surface area contributed by atoms with E-state index in [1.54, 1.807) is 26.1 Å². The number of aromatic nitrogens is 2. The van der Waals surface area contributed by atoms with E-state index in [0.29, 0.717) is 12.0 Å². The van der Waals surface area contributed by atoms with Crippen molar-refractivity contribution < 1.29 is 22.4 Å². The van der Waals surface area contributed by atoms with Gasteiger partial charge in [0, 0.05) is 38.7 Å². The molecule has 1 aliphatic heterocycles. The van der Waals surface area contributed by atoms with Gasteiger partial charge in [-0.2, -0.15) is 4.31 Å². The molecule has 3 rings (SSSR count). The van der Waals surface area contributed by atoms with E-state index < -0.39 is 39.5 Å². The summed E-state index contributed by atoms with van der Waals surface area (Å²) >= 11 is 0. The van der Waals surface area contributed by atoms with Crippen molar-refractivity contribution in [2.45, 2.75) is 36.8 Å². The zero-order valence-corrected chi connectivity index (χ0v) is 17.0. The van der Waals surface area contributed by atoms with Crippen LogP contribution in [0.1, 0.15) is 31.2 Å². The molecule has 2 heterocycles. The largest absolute Gasteiger partial charge is 0.345 e. The third-order valence-corrected chi connectivity index (χ3v) is 6.63. The number of aryl methyl sites for hydroxylation is 1. The number of nitrogens with one attached hydrogen (secondary N) is 1. The fourth-order valence-electron chi connectivity index (χ4n) is 3.40. The molecule has 0 saturated carbocycles. The predicted octanol–water partition coefficient (Wildman–Crippen LogP) is 1.20. The quantitative estimate of drug-likeness (QED) is 0.676. The molecule has 2 atom stereocenters. The number of halogens is 1. The number of nitrogens with zero attached hydrogens (tertiary/aromatic N) is 3. The second-order valence-corrected chi connectivity index (χ2v) is 9.00. The van der Waals surface area contributed by atoms with Gasteiger partial charge in [-0.25, -0.2) is 17.8 Å². The fourth-order valence-corrected chi connectivity index (χ4v) is 4.86. The van der Waals surface area contributed by atoms with Crippen LogP contribution in [0.25, 0.3) is 0 Å². The molecule has 2 aromatic rings. The Balaban J connectivity index is 1.88. The van der Waals surface area contributed by atoms with E-state index in [4.69, 9.17) is 0 Å². The van der Waals surface area contributed by atoms with Gasteiger partial charge in [-0.05, 0) is 24.1 Å². The zero-order chi connectivity index (χ0) is 21.2. The average molecular weight is 422 g/mol. The molecule has 1 aliphatic rings. The molecule has 0 aliphatic carbocycles. The molecule has 1 amide bonds. The number of Topliss-reactive ketones (excluding diaryl/α,β-unsaturated/α-hetero) is 1. The van der Waals surface area contributed by atoms with Crippen molar-refractivity contribution in [1.29, 1.82) is 0 Å². The molecule has 1 saturated heterocycles. The number of ketones is 1. The molecule has 1 aromatic heterocycles. The lowest BCUT2D eigenvalue weighted by molar-refractivity contribution is -0.138. The normalized spacial score (nSPS) is 20.0. The highest BCUT2D eigenvalue weighted by Gasteiger charge is 2.42. The van der Waals surface area contributed by atoms with Gasteiger partial charge in [0.15, 0.2) is 5.03 Å². The molecule has 29 heavy (non-hydrogen) atoms. The minimum atomic E-state index is -3.88. The van der Waals surface area contributed by atoms with E-state index in [0.717, 1.165) is 0 Å². The highest BCUT2D eigenvalue weighted by atomic mass is 32.2. The van der Waals surface area contributed by atoms with Crippen molar-refractivity contribution in [3.05, 3.63) is 48.2 Å². The van der Waals surface area contributed by atoms with E-state index in [1.165, 1.54) is 33.5 Å². The maximum atomic E-state index is 13.3. The first kappa shape index (κ1) is 21.1. The predicted molar refractivity (Wildman–Crippen MR) is 103 cm³/mol. The van der Waals surface area contributed by atoms with Gasteiger partial charge in [-0.1, -0.05) is 19.1 Å². The third kappa shape index (κ3) is 4.54. The molecule has 0 spiro atoms. The van der Waals surface area contributed by atoms with E-state index in [9.17, 15) is 22.4 Å². The van der Waals surface area contributed by atoms with E-state index in [2.05, 4.69) is 10.3 Å². The van der Waals surface area contributed by atoms with Gasteiger partial charge in [-0.3, -0.25) is 9.59 Å². The maximum absolute atomic E-state index is 13.3. The summed E-state index contributed by atoms with van der Waals surface area (Å²) in [7, 11) is -2.21. The van der Waals surface area contributed by atoms with Crippen LogP contribution in [0.2, 0.25) is 0 Å². The first-order valence-electron chi connectivity index (χ1n) is 9.29. The fraction of sp³-hybridized carbons (Fsp3) is 0.421. The Labute approximate surface area is 168 Å². The summed E-state index contributed by atoms with van der Waals surface area (Å²) in [5.41, 5.74) is 0.679. The molecule has 0 unspecified atom stereocenters. The van der Waals surface area contributed by atoms with Gasteiger partial charge in [-0.15, -0.1) is 0 Å². The summed E-state index contributed by atoms with van der Waals surface area (Å²) in [4.78, 5) is 28.1. The van der Waals surface area contributed by atoms with E-state index >= 15 is 0 Å². The lowest BCUT2D eigenvalue weighted by atomic mass is 9.94. The van der Waals surface area contributed by atoms with Crippen molar-refractivity contribution >= 4 is 21.7 Å². The van der Waals surface area contributed by atoms with Gasteiger partial charge < -0.3 is 9.88 Å². The molecule has 156 valence electrons. The molecule has 10 heteroatoms. The Hall–Kier alpha value is -2.59. The van der Waals surface area contributed by atoms with Gasteiger partial charge in [0.25, 0.3) is 15.9 Å². The van der Waals surface area contributed by atoms with Gasteiger partial charge in [0.05, 0.1) is 12.4 Å². The van der Waals surface area contributed by atoms with E-state index in [-0.39, 0.29) is 24.5 Å². The summed E-state index contributed by atoms with van der Waals surface area (Å²) < 4.78 is 42.0. The Morgan fingerprint density at radius 2 is 1.93 bits per heavy atom. The van der Waals surface area contributed by atoms with Crippen LogP contribution in [0.15, 0.2) is 41.8 Å². The summed E-state index contributed by atoms with van der Waals surface area (Å²) in [5.74, 6) is -2.12. The molecular weight excluding hydrogens is 399 g/mol. The second-order valence-electron chi connectivity index (χ2n) is 7.11. The van der Waals surface area contributed by atoms with Crippen LogP contribution in [0.3, 0.4) is 0 Å². The molecular formula is C19H23FN4O4S. The Morgan fingerprint density at radius 1 is 1.24 bits per heavy atom. The SMILES string of the molecule is CCCC(=O)C(=O)N[C@H]1CN(S(=O)(=O)c2cn(C)cn2)C[C@@H]1c1ccc(F)cc1. The molecule has 0 radical (unpaired) electrons. The van der Waals surface area contributed by atoms with Crippen LogP contribution in [-0.4, -0.2) is 53.1 Å². The number of hydrogen-bond donors (Lipinski definition) is 1. The van der Waals surface area contributed by atoms with Crippen molar-refractivity contribution in [3.8, 4) is 0 Å². The van der Waals surface area contributed by atoms with Crippen molar-refractivity contribution in [2.24, 2.45) is 7.05 Å². The number of carbonyl (C=O) groups is 2. The monoisotopic (exact) mass is 422 g/mol. The average Bonchev–Trinajstić information content (AvgIpc) is 3.30. The van der Waals surface area contributed by atoms with Crippen molar-refractivity contribution in [3.63, 3.8) is 0 Å². The Morgan fingerprint density at radius 3 is 2.52 bits per heavy atom. The summed E-state index contributed by atoms with van der Waals surface area (Å²) in [6.45, 7) is 1.87. The first-order chi connectivity index (χ1) is 13.7. The van der Waals surface area contributed by atoms with Crippen LogP contribution in [-0.2, 0) is 26.7 Å². The molecule has 8 nitrogen and oxygen atoms in total. The van der Waals surface area contributed by atoms with Gasteiger partial charge in [0.2, 0.25) is 5.78 Å². The minimum Gasteiger partial charge on any atom is -0.345 e. The number of rotatable bonds is 7. The molecule has 0 bridgehead atoms. The van der Waals surface area contributed by atoms with Crippen molar-refractivity contribution in [2.75, 3.05) is 13.1 Å². The molecule has 1 N–H and O–H groups in total. The van der Waals surface area contributed by atoms with Gasteiger partial charge >= 0.3 is 0 Å². The number of amides is 1. The van der Waals surface area contributed by atoms with Crippen molar-refractivity contribution in [1.82, 2.24) is 19.2 Å². The minimum absolute atomic E-state index is 0.00784. The number of sulfonamides is 1. The summed E-state index contributed by atoms with van der Waals surface area (Å²) in [6.07, 6.45) is 3.45. The highest BCUT2D eigenvalue weighted by molar-refractivity contribution is 7.89. The number of carbonyl (C=O) groups excluding carboxylic acids is 2. The first-order valence-corrected chi connectivity index (χ1v) is 10.7. The topological polar surface area (TPSA) is 101 Å². The maximum Gasteiger partial charge on any atom is 0.287 e. The van der Waals surface area contributed by atoms with Gasteiger partial charge in [0.1, 0.15) is 5.82 Å². The summed E-state index contributed by atoms with van der Waals surface area (Å²) in [5, 5.41) is 2.58. The van der Waals surface area contributed by atoms with E-state index in [1.807, 2.05) is 0 Å². The van der Waals surface area contributed by atoms with Crippen LogP contribution in [0, 0.1) is 5.82 Å².